The van der Waals surface area contributed by atoms with Crippen LogP contribution in [-0.2, 0) is 5.41 Å². The molecule has 0 spiro atoms. The van der Waals surface area contributed by atoms with Crippen LogP contribution in [0.5, 0.6) is 0 Å². The fraction of sp³-hybridized carbons (Fsp3) is 0.433. The van der Waals surface area contributed by atoms with E-state index in [1.165, 1.54) is 41.2 Å². The standard InChI is InChI=1S/C19H18N2.C5H12.2C2H6.C2H4/c1-19(2,3)17-12-13-8-4-5-9-14(13)18-20-15-10-6-7-11-16(15)21(17)18;1-3-5-4-2;3*1-2/h4-12H,1-3H3;3-5H2,1-2H3;2*1-2H3;1-2H2. The van der Waals surface area contributed by atoms with Gasteiger partial charge in [0.15, 0.2) is 0 Å². The molecule has 0 aliphatic carbocycles. The first-order valence-electron chi connectivity index (χ1n) is 12.3. The Morgan fingerprint density at radius 1 is 0.812 bits per heavy atom. The van der Waals surface area contributed by atoms with Crippen molar-refractivity contribution in [3.63, 3.8) is 0 Å². The molecule has 0 aliphatic rings. The number of fused-ring (bicyclic) bond motifs is 5. The molecule has 4 aromatic rings. The normalized spacial score (nSPS) is 10.0. The van der Waals surface area contributed by atoms with E-state index in [1.54, 1.807) is 0 Å². The SMILES string of the molecule is C=C.CC.CC.CC(C)(C)c1cc2ccccc2c2nc3ccccc3n12.CCCCC. The van der Waals surface area contributed by atoms with E-state index in [9.17, 15) is 0 Å². The van der Waals surface area contributed by atoms with Gasteiger partial charge in [-0.2, -0.15) is 0 Å². The Bertz CT molecular complexity index is 1030. The van der Waals surface area contributed by atoms with E-state index in [1.807, 2.05) is 33.8 Å². The topological polar surface area (TPSA) is 17.3 Å². The fourth-order valence-electron chi connectivity index (χ4n) is 3.39. The average Bonchev–Trinajstić information content (AvgIpc) is 3.23. The lowest BCUT2D eigenvalue weighted by molar-refractivity contribution is 0.564. The lowest BCUT2D eigenvalue weighted by atomic mass is 9.90. The summed E-state index contributed by atoms with van der Waals surface area (Å²) in [6.07, 6.45) is 4.08. The molecule has 4 rings (SSSR count). The number of imidazole rings is 1. The predicted octanol–water partition coefficient (Wildman–Crippen LogP) is 9.99. The fourth-order valence-corrected chi connectivity index (χ4v) is 3.39. The first-order chi connectivity index (χ1) is 15.5. The van der Waals surface area contributed by atoms with Gasteiger partial charge in [-0.05, 0) is 23.6 Å². The molecule has 2 heteroatoms. The Morgan fingerprint density at radius 3 is 1.88 bits per heavy atom. The van der Waals surface area contributed by atoms with E-state index in [4.69, 9.17) is 4.98 Å². The number of hydrogen-bond donors (Lipinski definition) is 0. The highest BCUT2D eigenvalue weighted by atomic mass is 15.0. The average molecular weight is 435 g/mol. The van der Waals surface area contributed by atoms with Crippen molar-refractivity contribution in [2.45, 2.75) is 87.0 Å². The Balaban J connectivity index is 0.000000753. The Labute approximate surface area is 197 Å². The van der Waals surface area contributed by atoms with E-state index in [0.717, 1.165) is 11.2 Å². The quantitative estimate of drug-likeness (QED) is 0.287. The second-order valence-electron chi connectivity index (χ2n) is 7.98. The minimum Gasteiger partial charge on any atom is -0.296 e. The van der Waals surface area contributed by atoms with E-state index in [2.05, 4.69) is 101 Å². The van der Waals surface area contributed by atoms with Crippen molar-refractivity contribution in [1.29, 1.82) is 0 Å². The summed E-state index contributed by atoms with van der Waals surface area (Å²) in [6.45, 7) is 25.2. The highest BCUT2D eigenvalue weighted by Gasteiger charge is 2.21. The molecule has 176 valence electrons. The van der Waals surface area contributed by atoms with Crippen LogP contribution in [0.1, 0.15) is 87.3 Å². The zero-order valence-electron chi connectivity index (χ0n) is 22.1. The molecular formula is C30H46N2. The summed E-state index contributed by atoms with van der Waals surface area (Å²) < 4.78 is 2.32. The largest absolute Gasteiger partial charge is 0.296 e. The number of pyridine rings is 1. The van der Waals surface area contributed by atoms with E-state index in [0.29, 0.717) is 0 Å². The van der Waals surface area contributed by atoms with E-state index < -0.39 is 0 Å². The summed E-state index contributed by atoms with van der Waals surface area (Å²) in [5, 5.41) is 2.46. The third-order valence-corrected chi connectivity index (χ3v) is 4.77. The van der Waals surface area contributed by atoms with Gasteiger partial charge in [0.2, 0.25) is 0 Å². The number of para-hydroxylation sites is 2. The molecule has 2 heterocycles. The monoisotopic (exact) mass is 434 g/mol. The summed E-state index contributed by atoms with van der Waals surface area (Å²) in [7, 11) is 0. The van der Waals surface area contributed by atoms with Crippen LogP contribution < -0.4 is 0 Å². The molecule has 0 amide bonds. The number of aromatic nitrogens is 2. The smallest absolute Gasteiger partial charge is 0.146 e. The molecule has 32 heavy (non-hydrogen) atoms. The van der Waals surface area contributed by atoms with E-state index in [-0.39, 0.29) is 5.41 Å². The van der Waals surface area contributed by atoms with Gasteiger partial charge in [0.25, 0.3) is 0 Å². The second-order valence-corrected chi connectivity index (χ2v) is 7.98. The molecule has 0 bridgehead atoms. The van der Waals surface area contributed by atoms with Crippen LogP contribution >= 0.6 is 0 Å². The summed E-state index contributed by atoms with van der Waals surface area (Å²) in [4.78, 5) is 4.88. The molecule has 0 radical (unpaired) electrons. The number of rotatable bonds is 2. The van der Waals surface area contributed by atoms with Crippen LogP contribution in [0.3, 0.4) is 0 Å². The van der Waals surface area contributed by atoms with Crippen LogP contribution in [0.4, 0.5) is 0 Å². The van der Waals surface area contributed by atoms with Crippen LogP contribution in [0.15, 0.2) is 67.8 Å². The molecule has 0 unspecified atom stereocenters. The molecule has 0 atom stereocenters. The third kappa shape index (κ3) is 7.22. The van der Waals surface area contributed by atoms with Crippen molar-refractivity contribution >= 4 is 27.5 Å². The minimum atomic E-state index is 0.0613. The van der Waals surface area contributed by atoms with Crippen molar-refractivity contribution in [2.24, 2.45) is 0 Å². The highest BCUT2D eigenvalue weighted by molar-refractivity contribution is 5.98. The lowest BCUT2D eigenvalue weighted by Crippen LogP contribution is -2.16. The number of unbranched alkanes of at least 4 members (excludes halogenated alkanes) is 2. The number of benzene rings is 2. The number of nitrogens with zero attached hydrogens (tertiary/aromatic N) is 2. The van der Waals surface area contributed by atoms with Gasteiger partial charge in [-0.25, -0.2) is 4.98 Å². The minimum absolute atomic E-state index is 0.0613. The second kappa shape index (κ2) is 15.2. The number of hydrogen-bond acceptors (Lipinski definition) is 1. The summed E-state index contributed by atoms with van der Waals surface area (Å²) in [5.41, 5.74) is 4.65. The Morgan fingerprint density at radius 2 is 1.34 bits per heavy atom. The maximum atomic E-state index is 4.88. The molecular weight excluding hydrogens is 388 g/mol. The molecule has 0 N–H and O–H groups in total. The third-order valence-electron chi connectivity index (χ3n) is 4.77. The lowest BCUT2D eigenvalue weighted by Gasteiger charge is -2.22. The zero-order chi connectivity index (χ0) is 24.7. The summed E-state index contributed by atoms with van der Waals surface area (Å²) >= 11 is 0. The summed E-state index contributed by atoms with van der Waals surface area (Å²) in [6, 6.07) is 19.2. The van der Waals surface area contributed by atoms with Crippen LogP contribution in [0, 0.1) is 0 Å². The predicted molar refractivity (Wildman–Crippen MR) is 148 cm³/mol. The maximum absolute atomic E-state index is 4.88. The molecule has 2 nitrogen and oxygen atoms in total. The van der Waals surface area contributed by atoms with Gasteiger partial charge < -0.3 is 0 Å². The zero-order valence-corrected chi connectivity index (χ0v) is 22.1. The molecule has 0 fully saturated rings. The molecule has 0 saturated carbocycles. The Kier molecular flexibility index (Phi) is 14.0. The molecule has 2 aromatic carbocycles. The van der Waals surface area contributed by atoms with Gasteiger partial charge in [0.05, 0.1) is 11.0 Å². The van der Waals surface area contributed by atoms with Gasteiger partial charge in [-0.3, -0.25) is 4.40 Å². The highest BCUT2D eigenvalue weighted by Crippen LogP contribution is 2.32. The van der Waals surface area contributed by atoms with Crippen molar-refractivity contribution in [3.8, 4) is 0 Å². The molecule has 0 aliphatic heterocycles. The molecule has 2 aromatic heterocycles. The van der Waals surface area contributed by atoms with Crippen LogP contribution in [-0.4, -0.2) is 9.38 Å². The van der Waals surface area contributed by atoms with Gasteiger partial charge >= 0.3 is 0 Å². The van der Waals surface area contributed by atoms with Crippen LogP contribution in [0.25, 0.3) is 27.5 Å². The maximum Gasteiger partial charge on any atom is 0.146 e. The first kappa shape index (κ1) is 29.4. The first-order valence-corrected chi connectivity index (χ1v) is 12.3. The van der Waals surface area contributed by atoms with Gasteiger partial charge in [0.1, 0.15) is 5.65 Å². The van der Waals surface area contributed by atoms with E-state index >= 15 is 0 Å². The van der Waals surface area contributed by atoms with Crippen molar-refractivity contribution < 1.29 is 0 Å². The van der Waals surface area contributed by atoms with Gasteiger partial charge in [-0.15, -0.1) is 13.2 Å². The van der Waals surface area contributed by atoms with Gasteiger partial charge in [-0.1, -0.05) is 118 Å². The van der Waals surface area contributed by atoms with Crippen LogP contribution in [0.2, 0.25) is 0 Å². The van der Waals surface area contributed by atoms with Crippen molar-refractivity contribution in [3.05, 3.63) is 73.4 Å². The molecule has 0 saturated heterocycles. The van der Waals surface area contributed by atoms with Gasteiger partial charge in [0, 0.05) is 16.5 Å². The van der Waals surface area contributed by atoms with Crippen molar-refractivity contribution in [1.82, 2.24) is 9.38 Å². The van der Waals surface area contributed by atoms with Crippen molar-refractivity contribution in [2.75, 3.05) is 0 Å². The Hall–Kier alpha value is -2.61. The summed E-state index contributed by atoms with van der Waals surface area (Å²) in [5.74, 6) is 0.